The Hall–Kier alpha value is -1.23. The van der Waals surface area contributed by atoms with Crippen LogP contribution >= 0.6 is 0 Å². The summed E-state index contributed by atoms with van der Waals surface area (Å²) < 4.78 is 0. The van der Waals surface area contributed by atoms with Crippen molar-refractivity contribution < 1.29 is 5.11 Å². The van der Waals surface area contributed by atoms with Crippen LogP contribution in [0.3, 0.4) is 0 Å². The SMILES string of the molecule is Cc1nnc(N2CCC(C)(O)CC2)nc1C. The molecule has 88 valence electrons. The third-order valence-corrected chi connectivity index (χ3v) is 3.20. The Morgan fingerprint density at radius 3 is 2.31 bits per heavy atom. The van der Waals surface area contributed by atoms with Crippen LogP contribution in [0.4, 0.5) is 5.95 Å². The van der Waals surface area contributed by atoms with E-state index in [9.17, 15) is 5.11 Å². The van der Waals surface area contributed by atoms with Gasteiger partial charge in [-0.25, -0.2) is 4.98 Å². The zero-order valence-electron chi connectivity index (χ0n) is 10.1. The highest BCUT2D eigenvalue weighted by Crippen LogP contribution is 2.23. The lowest BCUT2D eigenvalue weighted by atomic mass is 9.94. The highest BCUT2D eigenvalue weighted by Gasteiger charge is 2.28. The topological polar surface area (TPSA) is 62.1 Å². The molecule has 5 nitrogen and oxygen atoms in total. The maximum absolute atomic E-state index is 9.85. The number of aliphatic hydroxyl groups is 1. The predicted molar refractivity (Wildman–Crippen MR) is 61.4 cm³/mol. The number of hydrogen-bond donors (Lipinski definition) is 1. The highest BCUT2D eigenvalue weighted by atomic mass is 16.3. The van der Waals surface area contributed by atoms with E-state index < -0.39 is 5.60 Å². The average Bonchev–Trinajstić information content (AvgIpc) is 2.22. The van der Waals surface area contributed by atoms with Gasteiger partial charge in [-0.3, -0.25) is 0 Å². The molecule has 1 aromatic heterocycles. The van der Waals surface area contributed by atoms with Crippen molar-refractivity contribution in [3.8, 4) is 0 Å². The van der Waals surface area contributed by atoms with E-state index >= 15 is 0 Å². The van der Waals surface area contributed by atoms with Gasteiger partial charge in [0.2, 0.25) is 5.95 Å². The quantitative estimate of drug-likeness (QED) is 0.763. The fourth-order valence-electron chi connectivity index (χ4n) is 1.77. The van der Waals surface area contributed by atoms with Gasteiger partial charge in [-0.05, 0) is 33.6 Å². The van der Waals surface area contributed by atoms with Gasteiger partial charge in [0, 0.05) is 13.1 Å². The second-order valence-electron chi connectivity index (χ2n) is 4.77. The second-order valence-corrected chi connectivity index (χ2v) is 4.77. The van der Waals surface area contributed by atoms with E-state index in [1.165, 1.54) is 0 Å². The Morgan fingerprint density at radius 2 is 1.75 bits per heavy atom. The summed E-state index contributed by atoms with van der Waals surface area (Å²) in [6.07, 6.45) is 1.51. The van der Waals surface area contributed by atoms with Crippen LogP contribution in [-0.4, -0.2) is 39.0 Å². The number of rotatable bonds is 1. The van der Waals surface area contributed by atoms with Crippen molar-refractivity contribution in [2.45, 2.75) is 39.2 Å². The number of anilines is 1. The van der Waals surface area contributed by atoms with E-state index in [1.807, 2.05) is 20.8 Å². The van der Waals surface area contributed by atoms with Crippen LogP contribution < -0.4 is 4.90 Å². The van der Waals surface area contributed by atoms with Crippen molar-refractivity contribution >= 4 is 5.95 Å². The van der Waals surface area contributed by atoms with Gasteiger partial charge >= 0.3 is 0 Å². The molecule has 0 bridgehead atoms. The normalized spacial score (nSPS) is 19.9. The Labute approximate surface area is 95.5 Å². The Bertz CT molecular complexity index is 382. The van der Waals surface area contributed by atoms with E-state index in [2.05, 4.69) is 20.1 Å². The van der Waals surface area contributed by atoms with E-state index in [0.29, 0.717) is 5.95 Å². The fraction of sp³-hybridized carbons (Fsp3) is 0.727. The monoisotopic (exact) mass is 222 g/mol. The summed E-state index contributed by atoms with van der Waals surface area (Å²) in [6, 6.07) is 0. The fourth-order valence-corrected chi connectivity index (χ4v) is 1.77. The molecule has 0 atom stereocenters. The molecule has 0 saturated carbocycles. The zero-order chi connectivity index (χ0) is 11.8. The predicted octanol–water partition coefficient (Wildman–Crippen LogP) is 0.840. The van der Waals surface area contributed by atoms with Crippen LogP contribution in [0.1, 0.15) is 31.2 Å². The highest BCUT2D eigenvalue weighted by molar-refractivity contribution is 5.30. The molecule has 1 N–H and O–H groups in total. The summed E-state index contributed by atoms with van der Waals surface area (Å²) in [5, 5.41) is 18.0. The van der Waals surface area contributed by atoms with Gasteiger partial charge in [0.1, 0.15) is 0 Å². The molecule has 0 amide bonds. The Morgan fingerprint density at radius 1 is 1.12 bits per heavy atom. The lowest BCUT2D eigenvalue weighted by Gasteiger charge is -2.35. The van der Waals surface area contributed by atoms with E-state index in [-0.39, 0.29) is 0 Å². The number of aromatic nitrogens is 3. The summed E-state index contributed by atoms with van der Waals surface area (Å²) in [5.41, 5.74) is 1.25. The first-order valence-corrected chi connectivity index (χ1v) is 5.63. The molecule has 0 spiro atoms. The van der Waals surface area contributed by atoms with Crippen LogP contribution in [0.25, 0.3) is 0 Å². The van der Waals surface area contributed by atoms with Gasteiger partial charge in [-0.15, -0.1) is 5.10 Å². The average molecular weight is 222 g/mol. The van der Waals surface area contributed by atoms with Crippen LogP contribution in [0.15, 0.2) is 0 Å². The minimum Gasteiger partial charge on any atom is -0.390 e. The minimum atomic E-state index is -0.538. The molecule has 0 unspecified atom stereocenters. The van der Waals surface area contributed by atoms with Crippen LogP contribution in [0, 0.1) is 13.8 Å². The van der Waals surface area contributed by atoms with Crippen molar-refractivity contribution in [3.05, 3.63) is 11.4 Å². The molecule has 1 saturated heterocycles. The zero-order valence-corrected chi connectivity index (χ0v) is 10.1. The van der Waals surface area contributed by atoms with Crippen LogP contribution in [-0.2, 0) is 0 Å². The lowest BCUT2D eigenvalue weighted by molar-refractivity contribution is 0.0348. The summed E-state index contributed by atoms with van der Waals surface area (Å²) in [6.45, 7) is 7.30. The molecular formula is C11H18N4O. The second kappa shape index (κ2) is 3.97. The maximum atomic E-state index is 9.85. The van der Waals surface area contributed by atoms with Crippen LogP contribution in [0.2, 0.25) is 0 Å². The van der Waals surface area contributed by atoms with Gasteiger partial charge in [0.15, 0.2) is 0 Å². The number of aryl methyl sites for hydroxylation is 2. The molecule has 1 aliphatic rings. The summed E-state index contributed by atoms with van der Waals surface area (Å²) in [7, 11) is 0. The number of piperidine rings is 1. The molecule has 0 aromatic carbocycles. The van der Waals surface area contributed by atoms with Crippen molar-refractivity contribution in [1.29, 1.82) is 0 Å². The first kappa shape index (κ1) is 11.3. The van der Waals surface area contributed by atoms with E-state index in [4.69, 9.17) is 0 Å². The third-order valence-electron chi connectivity index (χ3n) is 3.20. The smallest absolute Gasteiger partial charge is 0.245 e. The molecule has 1 fully saturated rings. The molecule has 2 heterocycles. The van der Waals surface area contributed by atoms with Crippen molar-refractivity contribution in [2.24, 2.45) is 0 Å². The summed E-state index contributed by atoms with van der Waals surface area (Å²) >= 11 is 0. The van der Waals surface area contributed by atoms with E-state index in [0.717, 1.165) is 37.3 Å². The largest absolute Gasteiger partial charge is 0.390 e. The van der Waals surface area contributed by atoms with Crippen molar-refractivity contribution in [1.82, 2.24) is 15.2 Å². The standard InChI is InChI=1S/C11H18N4O/c1-8-9(2)13-14-10(12-8)15-6-4-11(3,16)5-7-15/h16H,4-7H2,1-3H3. The Balaban J connectivity index is 2.11. The van der Waals surface area contributed by atoms with Crippen molar-refractivity contribution in [2.75, 3.05) is 18.0 Å². The molecule has 0 radical (unpaired) electrons. The maximum Gasteiger partial charge on any atom is 0.245 e. The molecule has 1 aliphatic heterocycles. The van der Waals surface area contributed by atoms with Gasteiger partial charge < -0.3 is 10.0 Å². The van der Waals surface area contributed by atoms with Crippen LogP contribution in [0.5, 0.6) is 0 Å². The molecule has 1 aromatic rings. The molecular weight excluding hydrogens is 204 g/mol. The van der Waals surface area contributed by atoms with Crippen molar-refractivity contribution in [3.63, 3.8) is 0 Å². The Kier molecular flexibility index (Phi) is 2.80. The number of nitrogens with zero attached hydrogens (tertiary/aromatic N) is 4. The molecule has 16 heavy (non-hydrogen) atoms. The number of hydrogen-bond acceptors (Lipinski definition) is 5. The first-order valence-electron chi connectivity index (χ1n) is 5.63. The summed E-state index contributed by atoms with van der Waals surface area (Å²) in [4.78, 5) is 6.50. The minimum absolute atomic E-state index is 0.538. The van der Waals surface area contributed by atoms with Gasteiger partial charge in [0.05, 0.1) is 17.0 Å². The van der Waals surface area contributed by atoms with Gasteiger partial charge in [0.25, 0.3) is 0 Å². The molecule has 0 aliphatic carbocycles. The van der Waals surface area contributed by atoms with E-state index in [1.54, 1.807) is 0 Å². The lowest BCUT2D eigenvalue weighted by Crippen LogP contribution is -2.43. The molecule has 2 rings (SSSR count). The summed E-state index contributed by atoms with van der Waals surface area (Å²) in [5.74, 6) is 0.679. The van der Waals surface area contributed by atoms with Gasteiger partial charge in [-0.1, -0.05) is 0 Å². The van der Waals surface area contributed by atoms with Gasteiger partial charge in [-0.2, -0.15) is 5.10 Å². The molecule has 5 heteroatoms. The first-order chi connectivity index (χ1) is 7.48. The third kappa shape index (κ3) is 2.29.